The van der Waals surface area contributed by atoms with Gasteiger partial charge in [0.2, 0.25) is 5.88 Å². The fourth-order valence-electron chi connectivity index (χ4n) is 3.55. The highest BCUT2D eigenvalue weighted by atomic mass is 19.1. The standard InChI is InChI=1S/C21H19FN6O/c1-29-20-14(11-23)10-15(12-25-20)17-5-6-18(28-27-17)26-13-21(7-3-8-21)19-16(22)4-2-9-24-19/h2,4-6,9-10,12H,3,7-8,13H2,1H3,(H,26,28). The van der Waals surface area contributed by atoms with Gasteiger partial charge >= 0.3 is 0 Å². The summed E-state index contributed by atoms with van der Waals surface area (Å²) in [5.74, 6) is 0.601. The van der Waals surface area contributed by atoms with E-state index in [-0.39, 0.29) is 17.1 Å². The van der Waals surface area contributed by atoms with Gasteiger partial charge in [-0.1, -0.05) is 6.42 Å². The molecular formula is C21H19FN6O. The van der Waals surface area contributed by atoms with Gasteiger partial charge in [-0.2, -0.15) is 5.26 Å². The third-order valence-corrected chi connectivity index (χ3v) is 5.30. The molecule has 1 aliphatic carbocycles. The van der Waals surface area contributed by atoms with Gasteiger partial charge in [-0.15, -0.1) is 10.2 Å². The van der Waals surface area contributed by atoms with Crippen LogP contribution in [0.5, 0.6) is 5.88 Å². The van der Waals surface area contributed by atoms with Gasteiger partial charge in [0.15, 0.2) is 0 Å². The van der Waals surface area contributed by atoms with Crippen LogP contribution in [0.25, 0.3) is 11.3 Å². The lowest BCUT2D eigenvalue weighted by Crippen LogP contribution is -2.42. The van der Waals surface area contributed by atoms with E-state index in [4.69, 9.17) is 4.74 Å². The zero-order valence-electron chi connectivity index (χ0n) is 15.9. The van der Waals surface area contributed by atoms with Gasteiger partial charge in [-0.3, -0.25) is 4.98 Å². The summed E-state index contributed by atoms with van der Waals surface area (Å²) in [6.07, 6.45) is 6.03. The van der Waals surface area contributed by atoms with Gasteiger partial charge in [-0.25, -0.2) is 9.37 Å². The molecule has 0 bridgehead atoms. The van der Waals surface area contributed by atoms with Crippen LogP contribution in [0.15, 0.2) is 42.7 Å². The van der Waals surface area contributed by atoms with E-state index in [0.717, 1.165) is 19.3 Å². The molecule has 29 heavy (non-hydrogen) atoms. The molecule has 3 heterocycles. The Kier molecular flexibility index (Phi) is 5.04. The summed E-state index contributed by atoms with van der Waals surface area (Å²) in [6, 6.07) is 10.4. The average molecular weight is 390 g/mol. The number of hydrogen-bond acceptors (Lipinski definition) is 7. The molecule has 1 aliphatic rings. The average Bonchev–Trinajstić information content (AvgIpc) is 2.74. The quantitative estimate of drug-likeness (QED) is 0.688. The molecule has 8 heteroatoms. The Morgan fingerprint density at radius 1 is 1.24 bits per heavy atom. The van der Waals surface area contributed by atoms with Gasteiger partial charge in [-0.05, 0) is 43.2 Å². The predicted molar refractivity (Wildman–Crippen MR) is 105 cm³/mol. The maximum Gasteiger partial charge on any atom is 0.231 e. The summed E-state index contributed by atoms with van der Waals surface area (Å²) in [5, 5.41) is 20.9. The fourth-order valence-corrected chi connectivity index (χ4v) is 3.55. The molecule has 146 valence electrons. The first-order valence-electron chi connectivity index (χ1n) is 9.28. The number of anilines is 1. The molecule has 0 spiro atoms. The number of aromatic nitrogens is 4. The Labute approximate surface area is 167 Å². The van der Waals surface area contributed by atoms with Crippen molar-refractivity contribution >= 4 is 5.82 Å². The largest absolute Gasteiger partial charge is 0.480 e. The number of methoxy groups -OCH3 is 1. The fraction of sp³-hybridized carbons (Fsp3) is 0.286. The first-order chi connectivity index (χ1) is 14.1. The smallest absolute Gasteiger partial charge is 0.231 e. The molecule has 0 atom stereocenters. The van der Waals surface area contributed by atoms with E-state index in [1.54, 1.807) is 36.7 Å². The molecule has 7 nitrogen and oxygen atoms in total. The summed E-state index contributed by atoms with van der Waals surface area (Å²) < 4.78 is 19.3. The van der Waals surface area contributed by atoms with Crippen LogP contribution in [-0.4, -0.2) is 33.8 Å². The topological polar surface area (TPSA) is 96.6 Å². The maximum atomic E-state index is 14.2. The van der Waals surface area contributed by atoms with Crippen molar-refractivity contribution in [1.29, 1.82) is 5.26 Å². The van der Waals surface area contributed by atoms with Crippen molar-refractivity contribution < 1.29 is 9.13 Å². The number of hydrogen-bond donors (Lipinski definition) is 1. The van der Waals surface area contributed by atoms with Crippen molar-refractivity contribution in [2.75, 3.05) is 19.0 Å². The van der Waals surface area contributed by atoms with E-state index in [0.29, 0.717) is 34.9 Å². The molecule has 0 unspecified atom stereocenters. The lowest BCUT2D eigenvalue weighted by molar-refractivity contribution is 0.243. The van der Waals surface area contributed by atoms with Gasteiger partial charge in [0.25, 0.3) is 0 Å². The summed E-state index contributed by atoms with van der Waals surface area (Å²) >= 11 is 0. The van der Waals surface area contributed by atoms with Gasteiger partial charge < -0.3 is 10.1 Å². The Morgan fingerprint density at radius 2 is 2.10 bits per heavy atom. The van der Waals surface area contributed by atoms with E-state index in [2.05, 4.69) is 31.6 Å². The molecule has 1 saturated carbocycles. The molecule has 0 saturated heterocycles. The summed E-state index contributed by atoms with van der Waals surface area (Å²) in [7, 11) is 1.47. The normalized spacial score (nSPS) is 14.5. The van der Waals surface area contributed by atoms with Crippen molar-refractivity contribution in [2.45, 2.75) is 24.7 Å². The zero-order valence-corrected chi connectivity index (χ0v) is 15.9. The molecule has 0 radical (unpaired) electrons. The molecule has 0 aliphatic heterocycles. The second-order valence-corrected chi connectivity index (χ2v) is 7.02. The van der Waals surface area contributed by atoms with Crippen LogP contribution in [0.4, 0.5) is 10.2 Å². The van der Waals surface area contributed by atoms with Gasteiger partial charge in [0.1, 0.15) is 23.3 Å². The van der Waals surface area contributed by atoms with E-state index in [9.17, 15) is 9.65 Å². The lowest BCUT2D eigenvalue weighted by atomic mass is 9.66. The van der Waals surface area contributed by atoms with E-state index in [1.165, 1.54) is 13.2 Å². The number of halogens is 1. The van der Waals surface area contributed by atoms with E-state index < -0.39 is 0 Å². The Balaban J connectivity index is 1.49. The summed E-state index contributed by atoms with van der Waals surface area (Å²) in [5.41, 5.74) is 1.80. The van der Waals surface area contributed by atoms with Crippen LogP contribution < -0.4 is 10.1 Å². The van der Waals surface area contributed by atoms with Crippen LogP contribution in [0.2, 0.25) is 0 Å². The second-order valence-electron chi connectivity index (χ2n) is 7.02. The van der Waals surface area contributed by atoms with Crippen LogP contribution >= 0.6 is 0 Å². The van der Waals surface area contributed by atoms with Crippen molar-refractivity contribution in [2.24, 2.45) is 0 Å². The molecule has 3 aromatic rings. The summed E-state index contributed by atoms with van der Waals surface area (Å²) in [6.45, 7) is 0.539. The molecule has 0 aromatic carbocycles. The number of nitriles is 1. The highest BCUT2D eigenvalue weighted by molar-refractivity contribution is 5.62. The predicted octanol–water partition coefficient (Wildman–Crippen LogP) is 3.49. The minimum Gasteiger partial charge on any atom is -0.480 e. The molecule has 1 N–H and O–H groups in total. The minimum atomic E-state index is -0.312. The number of rotatable bonds is 6. The van der Waals surface area contributed by atoms with Crippen LogP contribution in [-0.2, 0) is 5.41 Å². The first-order valence-corrected chi connectivity index (χ1v) is 9.28. The minimum absolute atomic E-state index is 0.268. The van der Waals surface area contributed by atoms with E-state index in [1.807, 2.05) is 0 Å². The van der Waals surface area contributed by atoms with Crippen LogP contribution in [0.3, 0.4) is 0 Å². The number of ether oxygens (including phenoxy) is 1. The SMILES string of the molecule is COc1ncc(-c2ccc(NCC3(c4ncccc4F)CCC3)nn2)cc1C#N. The van der Waals surface area contributed by atoms with Crippen molar-refractivity contribution in [3.63, 3.8) is 0 Å². The molecular weight excluding hydrogens is 371 g/mol. The second kappa shape index (κ2) is 7.80. The monoisotopic (exact) mass is 390 g/mol. The molecule has 3 aromatic heterocycles. The zero-order chi connectivity index (χ0) is 20.3. The van der Waals surface area contributed by atoms with Crippen molar-refractivity contribution in [3.05, 3.63) is 59.8 Å². The number of nitrogens with zero attached hydrogens (tertiary/aromatic N) is 5. The first kappa shape index (κ1) is 18.7. The van der Waals surface area contributed by atoms with Crippen LogP contribution in [0, 0.1) is 17.1 Å². The lowest BCUT2D eigenvalue weighted by Gasteiger charge is -2.41. The third-order valence-electron chi connectivity index (χ3n) is 5.30. The third kappa shape index (κ3) is 3.59. The number of nitrogens with one attached hydrogen (secondary N) is 1. The highest BCUT2D eigenvalue weighted by Crippen LogP contribution is 2.43. The maximum absolute atomic E-state index is 14.2. The Bertz CT molecular complexity index is 1060. The Hall–Kier alpha value is -3.60. The Morgan fingerprint density at radius 3 is 2.72 bits per heavy atom. The molecule has 1 fully saturated rings. The number of pyridine rings is 2. The van der Waals surface area contributed by atoms with Crippen LogP contribution in [0.1, 0.15) is 30.5 Å². The summed E-state index contributed by atoms with van der Waals surface area (Å²) in [4.78, 5) is 8.40. The molecule has 0 amide bonds. The van der Waals surface area contributed by atoms with E-state index >= 15 is 0 Å². The van der Waals surface area contributed by atoms with Gasteiger partial charge in [0.05, 0.1) is 18.5 Å². The molecule has 4 rings (SSSR count). The van der Waals surface area contributed by atoms with Crippen molar-refractivity contribution in [1.82, 2.24) is 20.2 Å². The van der Waals surface area contributed by atoms with Gasteiger partial charge in [0, 0.05) is 29.9 Å². The van der Waals surface area contributed by atoms with Crippen molar-refractivity contribution in [3.8, 4) is 23.2 Å². The highest BCUT2D eigenvalue weighted by Gasteiger charge is 2.41.